The van der Waals surface area contributed by atoms with E-state index in [2.05, 4.69) is 17.3 Å². The Balaban J connectivity index is 1.37. The Kier molecular flexibility index (Phi) is 6.32. The van der Waals surface area contributed by atoms with Crippen LogP contribution >= 0.6 is 0 Å². The van der Waals surface area contributed by atoms with Crippen LogP contribution < -0.4 is 10.2 Å². The van der Waals surface area contributed by atoms with Crippen molar-refractivity contribution < 1.29 is 14.4 Å². The number of rotatable bonds is 5. The number of carbonyl (C=O) groups is 3. The molecule has 1 N–H and O–H groups in total. The number of likely N-dealkylation sites (N-methyl/N-ethyl adjacent to an activating group) is 1. The van der Waals surface area contributed by atoms with Crippen LogP contribution in [-0.4, -0.2) is 67.3 Å². The van der Waals surface area contributed by atoms with E-state index in [1.807, 2.05) is 35.2 Å². The molecule has 31 heavy (non-hydrogen) atoms. The SMILES string of the molecule is CN1CCN(C(=O)CNC(=O)c2ccc(N3CCCC3=O)cc2)[C@H](c2ccccc2)C1. The molecular weight excluding hydrogens is 392 g/mol. The highest BCUT2D eigenvalue weighted by molar-refractivity contribution is 5.98. The van der Waals surface area contributed by atoms with Crippen LogP contribution in [0, 0.1) is 0 Å². The number of hydrogen-bond donors (Lipinski definition) is 1. The largest absolute Gasteiger partial charge is 0.343 e. The normalized spacial score (nSPS) is 19.5. The van der Waals surface area contributed by atoms with Crippen molar-refractivity contribution in [2.75, 3.05) is 44.7 Å². The number of carbonyl (C=O) groups excluding carboxylic acids is 3. The van der Waals surface area contributed by atoms with Gasteiger partial charge in [-0.1, -0.05) is 30.3 Å². The summed E-state index contributed by atoms with van der Waals surface area (Å²) < 4.78 is 0. The summed E-state index contributed by atoms with van der Waals surface area (Å²) in [4.78, 5) is 43.2. The van der Waals surface area contributed by atoms with Gasteiger partial charge in [0.2, 0.25) is 11.8 Å². The average molecular weight is 421 g/mol. The van der Waals surface area contributed by atoms with Crippen molar-refractivity contribution in [1.82, 2.24) is 15.1 Å². The molecule has 0 radical (unpaired) electrons. The predicted octanol–water partition coefficient (Wildman–Crippen LogP) is 2.06. The maximum Gasteiger partial charge on any atom is 0.251 e. The minimum Gasteiger partial charge on any atom is -0.343 e. The number of anilines is 1. The van der Waals surface area contributed by atoms with Gasteiger partial charge in [0.05, 0.1) is 12.6 Å². The first-order valence-electron chi connectivity index (χ1n) is 10.7. The van der Waals surface area contributed by atoms with Gasteiger partial charge in [0, 0.05) is 43.9 Å². The van der Waals surface area contributed by atoms with Gasteiger partial charge in [0.1, 0.15) is 0 Å². The third-order valence-corrected chi connectivity index (χ3v) is 6.00. The van der Waals surface area contributed by atoms with Crippen molar-refractivity contribution in [1.29, 1.82) is 0 Å². The minimum absolute atomic E-state index is 0.0263. The van der Waals surface area contributed by atoms with Gasteiger partial charge in [-0.15, -0.1) is 0 Å². The molecule has 0 unspecified atom stereocenters. The zero-order valence-electron chi connectivity index (χ0n) is 17.8. The standard InChI is InChI=1S/C24H28N4O3/c1-26-14-15-28(21(17-26)18-6-3-2-4-7-18)23(30)16-25-24(31)19-9-11-20(12-10-19)27-13-5-8-22(27)29/h2-4,6-7,9-12,21H,5,8,13-17H2,1H3,(H,25,31)/t21-/m0/s1. The summed E-state index contributed by atoms with van der Waals surface area (Å²) in [5, 5.41) is 2.75. The quantitative estimate of drug-likeness (QED) is 0.804. The summed E-state index contributed by atoms with van der Waals surface area (Å²) in [6.45, 7) is 2.87. The highest BCUT2D eigenvalue weighted by Crippen LogP contribution is 2.25. The molecule has 2 aromatic carbocycles. The summed E-state index contributed by atoms with van der Waals surface area (Å²) in [6.07, 6.45) is 1.43. The molecule has 0 aromatic heterocycles. The van der Waals surface area contributed by atoms with Crippen LogP contribution in [0.1, 0.15) is 34.8 Å². The molecule has 4 rings (SSSR count). The van der Waals surface area contributed by atoms with E-state index in [4.69, 9.17) is 0 Å². The maximum absolute atomic E-state index is 12.9. The molecule has 162 valence electrons. The second-order valence-electron chi connectivity index (χ2n) is 8.15. The van der Waals surface area contributed by atoms with Gasteiger partial charge in [0.15, 0.2) is 0 Å². The zero-order valence-corrected chi connectivity index (χ0v) is 17.8. The molecule has 0 spiro atoms. The molecule has 0 aliphatic carbocycles. The van der Waals surface area contributed by atoms with Crippen molar-refractivity contribution in [3.63, 3.8) is 0 Å². The Morgan fingerprint density at radius 2 is 1.74 bits per heavy atom. The molecule has 2 aliphatic rings. The van der Waals surface area contributed by atoms with Crippen LogP contribution in [0.5, 0.6) is 0 Å². The molecule has 2 aliphatic heterocycles. The molecule has 2 aromatic rings. The van der Waals surface area contributed by atoms with Gasteiger partial charge >= 0.3 is 0 Å². The van der Waals surface area contributed by atoms with E-state index in [9.17, 15) is 14.4 Å². The molecule has 7 heteroatoms. The topological polar surface area (TPSA) is 73.0 Å². The lowest BCUT2D eigenvalue weighted by molar-refractivity contribution is -0.135. The number of piperazine rings is 1. The number of hydrogen-bond acceptors (Lipinski definition) is 4. The van der Waals surface area contributed by atoms with E-state index in [1.54, 1.807) is 29.2 Å². The van der Waals surface area contributed by atoms with Gasteiger partial charge in [-0.2, -0.15) is 0 Å². The first kappa shape index (κ1) is 21.1. The van der Waals surface area contributed by atoms with E-state index in [1.165, 1.54) is 0 Å². The van der Waals surface area contributed by atoms with Crippen LogP contribution in [-0.2, 0) is 9.59 Å². The highest BCUT2D eigenvalue weighted by atomic mass is 16.2. The minimum atomic E-state index is -0.293. The summed E-state index contributed by atoms with van der Waals surface area (Å²) in [5.41, 5.74) is 2.38. The summed E-state index contributed by atoms with van der Waals surface area (Å²) in [6, 6.07) is 16.9. The monoisotopic (exact) mass is 420 g/mol. The van der Waals surface area contributed by atoms with Crippen molar-refractivity contribution in [3.8, 4) is 0 Å². The van der Waals surface area contributed by atoms with Crippen molar-refractivity contribution in [3.05, 3.63) is 65.7 Å². The van der Waals surface area contributed by atoms with E-state index in [0.717, 1.165) is 30.8 Å². The van der Waals surface area contributed by atoms with Gasteiger partial charge in [0.25, 0.3) is 5.91 Å². The number of amides is 3. The van der Waals surface area contributed by atoms with Gasteiger partial charge < -0.3 is 20.0 Å². The fraction of sp³-hybridized carbons (Fsp3) is 0.375. The van der Waals surface area contributed by atoms with Crippen LogP contribution in [0.15, 0.2) is 54.6 Å². The number of nitrogens with zero attached hydrogens (tertiary/aromatic N) is 3. The number of benzene rings is 2. The van der Waals surface area contributed by atoms with Crippen molar-refractivity contribution in [2.24, 2.45) is 0 Å². The van der Waals surface area contributed by atoms with E-state index in [0.29, 0.717) is 25.1 Å². The molecule has 7 nitrogen and oxygen atoms in total. The zero-order chi connectivity index (χ0) is 21.8. The molecule has 3 amide bonds. The molecule has 1 atom stereocenters. The van der Waals surface area contributed by atoms with Crippen LogP contribution in [0.25, 0.3) is 0 Å². The molecule has 0 bridgehead atoms. The third kappa shape index (κ3) is 4.77. The van der Waals surface area contributed by atoms with Gasteiger partial charge in [-0.25, -0.2) is 0 Å². The lowest BCUT2D eigenvalue weighted by atomic mass is 10.0. The van der Waals surface area contributed by atoms with Gasteiger partial charge in [-0.3, -0.25) is 14.4 Å². The Morgan fingerprint density at radius 3 is 2.42 bits per heavy atom. The van der Waals surface area contributed by atoms with Crippen LogP contribution in [0.3, 0.4) is 0 Å². The smallest absolute Gasteiger partial charge is 0.251 e. The molecule has 2 saturated heterocycles. The fourth-order valence-electron chi connectivity index (χ4n) is 4.25. The van der Waals surface area contributed by atoms with Crippen molar-refractivity contribution >= 4 is 23.4 Å². The Bertz CT molecular complexity index is 945. The lowest BCUT2D eigenvalue weighted by Gasteiger charge is -2.40. The van der Waals surface area contributed by atoms with Crippen LogP contribution in [0.2, 0.25) is 0 Å². The van der Waals surface area contributed by atoms with E-state index in [-0.39, 0.29) is 30.3 Å². The predicted molar refractivity (Wildman–Crippen MR) is 119 cm³/mol. The van der Waals surface area contributed by atoms with E-state index < -0.39 is 0 Å². The maximum atomic E-state index is 12.9. The Hall–Kier alpha value is -3.19. The molecular formula is C24H28N4O3. The Morgan fingerprint density at radius 1 is 1.00 bits per heavy atom. The summed E-state index contributed by atoms with van der Waals surface area (Å²) in [7, 11) is 2.05. The third-order valence-electron chi connectivity index (χ3n) is 6.00. The average Bonchev–Trinajstić information content (AvgIpc) is 3.23. The van der Waals surface area contributed by atoms with Crippen molar-refractivity contribution in [2.45, 2.75) is 18.9 Å². The second kappa shape index (κ2) is 9.31. The lowest BCUT2D eigenvalue weighted by Crippen LogP contribution is -2.51. The molecule has 0 saturated carbocycles. The first-order valence-corrected chi connectivity index (χ1v) is 10.7. The Labute approximate surface area is 182 Å². The second-order valence-corrected chi connectivity index (χ2v) is 8.15. The van der Waals surface area contributed by atoms with E-state index >= 15 is 0 Å². The summed E-state index contributed by atoms with van der Waals surface area (Å²) in [5.74, 6) is -0.268. The fourth-order valence-corrected chi connectivity index (χ4v) is 4.25. The highest BCUT2D eigenvalue weighted by Gasteiger charge is 2.30. The van der Waals surface area contributed by atoms with Gasteiger partial charge in [-0.05, 0) is 43.3 Å². The van der Waals surface area contributed by atoms with Crippen LogP contribution in [0.4, 0.5) is 5.69 Å². The number of nitrogens with one attached hydrogen (secondary N) is 1. The first-order chi connectivity index (χ1) is 15.0. The molecule has 2 fully saturated rings. The summed E-state index contributed by atoms with van der Waals surface area (Å²) >= 11 is 0. The molecule has 2 heterocycles.